The van der Waals surface area contributed by atoms with Gasteiger partial charge in [-0.15, -0.1) is 0 Å². The monoisotopic (exact) mass is 223 g/mol. The van der Waals surface area contributed by atoms with Crippen molar-refractivity contribution in [2.75, 3.05) is 6.61 Å². The van der Waals surface area contributed by atoms with Gasteiger partial charge in [-0.1, -0.05) is 33.3 Å². The lowest BCUT2D eigenvalue weighted by molar-refractivity contribution is 0.0497. The molecule has 90 valence electrons. The Hall–Kier alpha value is -0.990. The van der Waals surface area contributed by atoms with Crippen LogP contribution in [0.2, 0.25) is 0 Å². The number of fused-ring (bicyclic) bond motifs is 1. The number of allylic oxidation sites excluding steroid dienone is 1. The average molecular weight is 223 g/mol. The summed E-state index contributed by atoms with van der Waals surface area (Å²) in [7, 11) is 0. The minimum atomic E-state index is -0.164. The lowest BCUT2D eigenvalue weighted by atomic mass is 9.87. The van der Waals surface area contributed by atoms with Crippen molar-refractivity contribution in [2.24, 2.45) is 11.3 Å². The number of hydrogen-bond donors (Lipinski definition) is 0. The molecule has 2 saturated heterocycles. The minimum absolute atomic E-state index is 0.0570. The number of cyclic esters (lactones) is 1. The predicted octanol–water partition coefficient (Wildman–Crippen LogP) is 3.17. The number of carbonyl (C=O) groups excluding carboxylic acids is 1. The van der Waals surface area contributed by atoms with Gasteiger partial charge >= 0.3 is 6.09 Å². The van der Waals surface area contributed by atoms with Crippen LogP contribution in [0.5, 0.6) is 0 Å². The summed E-state index contributed by atoms with van der Waals surface area (Å²) in [5.74, 6) is 0.635. The van der Waals surface area contributed by atoms with E-state index in [0.29, 0.717) is 12.5 Å². The van der Waals surface area contributed by atoms with Gasteiger partial charge in [0, 0.05) is 11.1 Å². The molecule has 0 radical (unpaired) electrons. The Kier molecular flexibility index (Phi) is 2.52. The Balaban J connectivity index is 2.23. The number of hydrogen-bond acceptors (Lipinski definition) is 2. The molecule has 0 aromatic heterocycles. The standard InChI is InChI=1S/C13H21NO2/c1-8(2)6-9(3)10-11-13(4,5)7-16-12(15)14(10)11/h8,11H,6-7H2,1-5H3/b10-9+/t11-,14?/m1/s1. The molecule has 2 aliphatic heterocycles. The largest absolute Gasteiger partial charge is 0.448 e. The van der Waals surface area contributed by atoms with Crippen LogP contribution in [0.1, 0.15) is 41.0 Å². The summed E-state index contributed by atoms with van der Waals surface area (Å²) in [6.45, 7) is 11.4. The SMILES string of the molecule is C/C(CC(C)C)=C1/[C@H]2N1C(=O)OCC2(C)C. The first-order chi connectivity index (χ1) is 7.34. The smallest absolute Gasteiger partial charge is 0.414 e. The van der Waals surface area contributed by atoms with Gasteiger partial charge in [-0.3, -0.25) is 4.90 Å². The van der Waals surface area contributed by atoms with Crippen LogP contribution in [0, 0.1) is 11.3 Å². The van der Waals surface area contributed by atoms with E-state index in [0.717, 1.165) is 6.42 Å². The lowest BCUT2D eigenvalue weighted by Gasteiger charge is -2.27. The average Bonchev–Trinajstić information content (AvgIpc) is 2.87. The van der Waals surface area contributed by atoms with Crippen molar-refractivity contribution in [3.63, 3.8) is 0 Å². The number of ether oxygens (including phenoxy) is 1. The molecule has 2 heterocycles. The highest BCUT2D eigenvalue weighted by molar-refractivity contribution is 5.78. The van der Waals surface area contributed by atoms with Gasteiger partial charge in [-0.05, 0) is 19.3 Å². The van der Waals surface area contributed by atoms with Gasteiger partial charge in [-0.2, -0.15) is 0 Å². The van der Waals surface area contributed by atoms with Crippen molar-refractivity contribution in [3.8, 4) is 0 Å². The highest BCUT2D eigenvalue weighted by Crippen LogP contribution is 2.51. The first-order valence-corrected chi connectivity index (χ1v) is 6.00. The molecule has 3 heteroatoms. The van der Waals surface area contributed by atoms with Gasteiger partial charge in [0.25, 0.3) is 0 Å². The zero-order chi connectivity index (χ0) is 12.1. The third-order valence-electron chi connectivity index (χ3n) is 3.37. The van der Waals surface area contributed by atoms with Gasteiger partial charge < -0.3 is 4.74 Å². The van der Waals surface area contributed by atoms with E-state index >= 15 is 0 Å². The summed E-state index contributed by atoms with van der Waals surface area (Å²) in [4.78, 5) is 13.4. The first-order valence-electron chi connectivity index (χ1n) is 6.00. The van der Waals surface area contributed by atoms with E-state index < -0.39 is 0 Å². The van der Waals surface area contributed by atoms with Gasteiger partial charge in [0.2, 0.25) is 0 Å². The highest BCUT2D eigenvalue weighted by atomic mass is 16.6. The number of nitrogens with zero attached hydrogens (tertiary/aromatic N) is 1. The third-order valence-corrected chi connectivity index (χ3v) is 3.37. The van der Waals surface area contributed by atoms with Crippen LogP contribution >= 0.6 is 0 Å². The zero-order valence-electron chi connectivity index (χ0n) is 10.8. The number of amides is 1. The topological polar surface area (TPSA) is 29.3 Å². The van der Waals surface area contributed by atoms with Crippen molar-refractivity contribution in [1.29, 1.82) is 0 Å². The summed E-state index contributed by atoms with van der Waals surface area (Å²) in [5.41, 5.74) is 2.61. The van der Waals surface area contributed by atoms with Crippen LogP contribution in [0.4, 0.5) is 4.79 Å². The molecule has 16 heavy (non-hydrogen) atoms. The van der Waals surface area contributed by atoms with Crippen LogP contribution < -0.4 is 0 Å². The molecule has 1 amide bonds. The second-order valence-corrected chi connectivity index (χ2v) is 6.08. The highest BCUT2D eigenvalue weighted by Gasteiger charge is 2.59. The van der Waals surface area contributed by atoms with Crippen LogP contribution in [-0.4, -0.2) is 23.6 Å². The van der Waals surface area contributed by atoms with Crippen molar-refractivity contribution < 1.29 is 9.53 Å². The van der Waals surface area contributed by atoms with Crippen LogP contribution in [-0.2, 0) is 4.74 Å². The van der Waals surface area contributed by atoms with E-state index in [9.17, 15) is 4.79 Å². The zero-order valence-corrected chi connectivity index (χ0v) is 10.8. The maximum atomic E-state index is 11.6. The van der Waals surface area contributed by atoms with Gasteiger partial charge in [-0.25, -0.2) is 4.79 Å². The maximum Gasteiger partial charge on any atom is 0.414 e. The Morgan fingerprint density at radius 3 is 2.69 bits per heavy atom. The molecular formula is C13H21NO2. The van der Waals surface area contributed by atoms with Crippen molar-refractivity contribution in [2.45, 2.75) is 47.1 Å². The fourth-order valence-corrected chi connectivity index (χ4v) is 2.67. The molecule has 2 fully saturated rings. The van der Waals surface area contributed by atoms with Crippen molar-refractivity contribution in [1.82, 2.24) is 4.90 Å². The lowest BCUT2D eigenvalue weighted by Crippen LogP contribution is -2.37. The van der Waals surface area contributed by atoms with Crippen LogP contribution in [0.3, 0.4) is 0 Å². The molecule has 0 saturated carbocycles. The molecule has 0 aromatic rings. The Morgan fingerprint density at radius 2 is 2.19 bits per heavy atom. The fourth-order valence-electron chi connectivity index (χ4n) is 2.67. The summed E-state index contributed by atoms with van der Waals surface area (Å²) in [6.07, 6.45) is 0.897. The van der Waals surface area contributed by atoms with E-state index in [1.54, 1.807) is 0 Å². The van der Waals surface area contributed by atoms with Gasteiger partial charge in [0.15, 0.2) is 0 Å². The molecule has 0 bridgehead atoms. The summed E-state index contributed by atoms with van der Waals surface area (Å²) in [5, 5.41) is 0. The molecular weight excluding hydrogens is 202 g/mol. The summed E-state index contributed by atoms with van der Waals surface area (Å²) < 4.78 is 5.19. The number of carbonyl (C=O) groups is 1. The Morgan fingerprint density at radius 1 is 1.56 bits per heavy atom. The molecule has 3 nitrogen and oxygen atoms in total. The molecule has 1 atom stereocenters. The Bertz CT molecular complexity index is 355. The van der Waals surface area contributed by atoms with Crippen molar-refractivity contribution >= 4 is 6.09 Å². The molecule has 0 unspecified atom stereocenters. The van der Waals surface area contributed by atoms with E-state index in [4.69, 9.17) is 4.74 Å². The van der Waals surface area contributed by atoms with E-state index in [1.165, 1.54) is 11.3 Å². The van der Waals surface area contributed by atoms with E-state index in [-0.39, 0.29) is 17.6 Å². The number of rotatable bonds is 2. The van der Waals surface area contributed by atoms with E-state index in [1.807, 2.05) is 4.90 Å². The van der Waals surface area contributed by atoms with Gasteiger partial charge in [0.1, 0.15) is 6.61 Å². The minimum Gasteiger partial charge on any atom is -0.448 e. The van der Waals surface area contributed by atoms with Crippen LogP contribution in [0.25, 0.3) is 0 Å². The summed E-state index contributed by atoms with van der Waals surface area (Å²) >= 11 is 0. The second-order valence-electron chi connectivity index (χ2n) is 6.08. The molecule has 0 aliphatic carbocycles. The molecule has 2 rings (SSSR count). The summed E-state index contributed by atoms with van der Waals surface area (Å²) in [6, 6.07) is 0.285. The predicted molar refractivity (Wildman–Crippen MR) is 62.9 cm³/mol. The molecule has 0 spiro atoms. The van der Waals surface area contributed by atoms with E-state index in [2.05, 4.69) is 34.6 Å². The molecule has 0 N–H and O–H groups in total. The third kappa shape index (κ3) is 1.72. The normalized spacial score (nSPS) is 30.0. The molecule has 2 aliphatic rings. The quantitative estimate of drug-likeness (QED) is 0.673. The molecule has 0 aromatic carbocycles. The fraction of sp³-hybridized carbons (Fsp3) is 0.769. The van der Waals surface area contributed by atoms with Crippen molar-refractivity contribution in [3.05, 3.63) is 11.3 Å². The van der Waals surface area contributed by atoms with Gasteiger partial charge in [0.05, 0.1) is 6.04 Å². The maximum absolute atomic E-state index is 11.6. The first kappa shape index (κ1) is 11.5. The second kappa shape index (κ2) is 3.51. The van der Waals surface area contributed by atoms with Crippen LogP contribution in [0.15, 0.2) is 11.3 Å². The Labute approximate surface area is 97.5 Å².